The van der Waals surface area contributed by atoms with E-state index in [4.69, 9.17) is 16.3 Å². The van der Waals surface area contributed by atoms with E-state index in [1.807, 2.05) is 30.4 Å². The zero-order valence-corrected chi connectivity index (χ0v) is 16.5. The second kappa shape index (κ2) is 7.52. The first-order chi connectivity index (χ1) is 14.6. The number of benzene rings is 2. The van der Waals surface area contributed by atoms with Crippen LogP contribution in [0.3, 0.4) is 0 Å². The van der Waals surface area contributed by atoms with Crippen LogP contribution in [0.25, 0.3) is 23.1 Å². The van der Waals surface area contributed by atoms with Crippen molar-refractivity contribution in [3.63, 3.8) is 0 Å². The van der Waals surface area contributed by atoms with Gasteiger partial charge in [-0.15, -0.1) is 0 Å². The van der Waals surface area contributed by atoms with Gasteiger partial charge in [0.2, 0.25) is 0 Å². The Morgan fingerprint density at radius 2 is 1.93 bits per heavy atom. The van der Waals surface area contributed by atoms with Crippen molar-refractivity contribution in [1.29, 1.82) is 0 Å². The maximum absolute atomic E-state index is 14.4. The van der Waals surface area contributed by atoms with Gasteiger partial charge >= 0.3 is 0 Å². The van der Waals surface area contributed by atoms with Gasteiger partial charge in [0, 0.05) is 22.2 Å². The first-order valence-corrected chi connectivity index (χ1v) is 9.79. The minimum Gasteiger partial charge on any atom is -0.487 e. The average molecular weight is 419 g/mol. The highest BCUT2D eigenvalue weighted by molar-refractivity contribution is 6.31. The summed E-state index contributed by atoms with van der Waals surface area (Å²) in [5.41, 5.74) is 4.01. The van der Waals surface area contributed by atoms with Crippen molar-refractivity contribution in [2.24, 2.45) is 0 Å². The van der Waals surface area contributed by atoms with Gasteiger partial charge < -0.3 is 9.84 Å². The van der Waals surface area contributed by atoms with Crippen molar-refractivity contribution in [2.75, 3.05) is 0 Å². The van der Waals surface area contributed by atoms with Crippen LogP contribution in [-0.2, 0) is 6.61 Å². The highest BCUT2D eigenvalue weighted by Gasteiger charge is 2.20. The van der Waals surface area contributed by atoms with E-state index in [1.54, 1.807) is 36.5 Å². The molecule has 0 spiro atoms. The van der Waals surface area contributed by atoms with Crippen LogP contribution < -0.4 is 4.74 Å². The molecule has 4 aromatic rings. The van der Waals surface area contributed by atoms with E-state index in [0.717, 1.165) is 22.4 Å². The SMILES string of the molecule is OC1c2cc(OCc3cc(F)c4ccc(Cl)cc4n3)ccc2C=Cc2ncccc21. The quantitative estimate of drug-likeness (QED) is 0.472. The van der Waals surface area contributed by atoms with Crippen molar-refractivity contribution < 1.29 is 14.2 Å². The Hall–Kier alpha value is -3.28. The highest BCUT2D eigenvalue weighted by Crippen LogP contribution is 2.34. The standard InChI is InChI=1S/C24H16ClFN2O2/c25-15-5-7-18-21(26)11-16(28-23(18)10-15)13-30-17-6-3-14-4-8-22-19(2-1-9-27-22)24(29)20(14)12-17/h1-12,24,29H,13H2. The van der Waals surface area contributed by atoms with Crippen LogP contribution in [-0.4, -0.2) is 15.1 Å². The van der Waals surface area contributed by atoms with Crippen molar-refractivity contribution in [2.45, 2.75) is 12.7 Å². The Labute approximate surface area is 177 Å². The van der Waals surface area contributed by atoms with Crippen LogP contribution in [0.5, 0.6) is 5.75 Å². The number of fused-ring (bicyclic) bond motifs is 3. The van der Waals surface area contributed by atoms with Crippen LogP contribution in [0.4, 0.5) is 4.39 Å². The topological polar surface area (TPSA) is 55.2 Å². The van der Waals surface area contributed by atoms with E-state index >= 15 is 0 Å². The molecule has 0 saturated carbocycles. The van der Waals surface area contributed by atoms with E-state index in [9.17, 15) is 9.50 Å². The summed E-state index contributed by atoms with van der Waals surface area (Å²) in [7, 11) is 0. The molecule has 1 unspecified atom stereocenters. The second-order valence-electron chi connectivity index (χ2n) is 7.05. The molecule has 6 heteroatoms. The first kappa shape index (κ1) is 18.7. The Kier molecular flexibility index (Phi) is 4.69. The van der Waals surface area contributed by atoms with Crippen molar-refractivity contribution in [1.82, 2.24) is 9.97 Å². The van der Waals surface area contributed by atoms with Gasteiger partial charge in [-0.05, 0) is 59.7 Å². The van der Waals surface area contributed by atoms with Gasteiger partial charge in [-0.25, -0.2) is 9.37 Å². The number of aromatic nitrogens is 2. The maximum Gasteiger partial charge on any atom is 0.134 e. The summed E-state index contributed by atoms with van der Waals surface area (Å²) in [5.74, 6) is 0.184. The van der Waals surface area contributed by atoms with E-state index in [-0.39, 0.29) is 12.4 Å². The molecule has 5 rings (SSSR count). The molecular weight excluding hydrogens is 403 g/mol. The summed E-state index contributed by atoms with van der Waals surface area (Å²) in [6.45, 7) is 0.0856. The van der Waals surface area contributed by atoms with E-state index < -0.39 is 6.10 Å². The lowest BCUT2D eigenvalue weighted by Gasteiger charge is -2.15. The summed E-state index contributed by atoms with van der Waals surface area (Å²) in [6, 6.07) is 15.4. The molecule has 2 aromatic carbocycles. The molecule has 1 atom stereocenters. The summed E-state index contributed by atoms with van der Waals surface area (Å²) in [4.78, 5) is 8.76. The predicted molar refractivity (Wildman–Crippen MR) is 115 cm³/mol. The third kappa shape index (κ3) is 3.43. The van der Waals surface area contributed by atoms with Gasteiger partial charge in [-0.1, -0.05) is 29.8 Å². The molecule has 1 aliphatic rings. The molecule has 0 fully saturated rings. The van der Waals surface area contributed by atoms with Crippen molar-refractivity contribution in [3.05, 3.63) is 99.7 Å². The smallest absolute Gasteiger partial charge is 0.134 e. The molecule has 2 heterocycles. The number of halogens is 2. The normalized spacial score (nSPS) is 14.8. The highest BCUT2D eigenvalue weighted by atomic mass is 35.5. The lowest BCUT2D eigenvalue weighted by atomic mass is 9.98. The lowest BCUT2D eigenvalue weighted by Crippen LogP contribution is -2.05. The number of aliphatic hydroxyl groups is 1. The number of hydrogen-bond donors (Lipinski definition) is 1. The third-order valence-electron chi connectivity index (χ3n) is 5.10. The summed E-state index contributed by atoms with van der Waals surface area (Å²) in [5, 5.41) is 11.8. The third-order valence-corrected chi connectivity index (χ3v) is 5.34. The molecule has 148 valence electrons. The second-order valence-corrected chi connectivity index (χ2v) is 7.49. The number of pyridine rings is 2. The molecule has 0 aliphatic heterocycles. The molecular formula is C24H16ClFN2O2. The van der Waals surface area contributed by atoms with Crippen LogP contribution in [0.15, 0.2) is 60.8 Å². The average Bonchev–Trinajstić information content (AvgIpc) is 2.89. The minimum absolute atomic E-state index is 0.0856. The number of aliphatic hydroxyl groups excluding tert-OH is 1. The number of ether oxygens (including phenoxy) is 1. The molecule has 0 radical (unpaired) electrons. The van der Waals surface area contributed by atoms with Crippen LogP contribution in [0, 0.1) is 5.82 Å². The van der Waals surface area contributed by atoms with E-state index in [1.165, 1.54) is 6.07 Å². The Morgan fingerprint density at radius 1 is 1.03 bits per heavy atom. The fourth-order valence-corrected chi connectivity index (χ4v) is 3.78. The molecule has 2 aromatic heterocycles. The van der Waals surface area contributed by atoms with E-state index in [2.05, 4.69) is 9.97 Å². The molecule has 4 nitrogen and oxygen atoms in total. The number of nitrogens with zero attached hydrogens (tertiary/aromatic N) is 2. The zero-order chi connectivity index (χ0) is 20.7. The van der Waals surface area contributed by atoms with Crippen molar-refractivity contribution in [3.8, 4) is 5.75 Å². The fraction of sp³-hybridized carbons (Fsp3) is 0.0833. The first-order valence-electron chi connectivity index (χ1n) is 9.41. The molecule has 0 amide bonds. The van der Waals surface area contributed by atoms with Gasteiger partial charge in [-0.2, -0.15) is 0 Å². The van der Waals surface area contributed by atoms with Gasteiger partial charge in [-0.3, -0.25) is 4.98 Å². The van der Waals surface area contributed by atoms with Crippen LogP contribution in [0.2, 0.25) is 5.02 Å². The fourth-order valence-electron chi connectivity index (χ4n) is 3.61. The predicted octanol–water partition coefficient (Wildman–Crippen LogP) is 5.57. The molecule has 0 bridgehead atoms. The Bertz CT molecular complexity index is 1310. The van der Waals surface area contributed by atoms with Crippen LogP contribution >= 0.6 is 11.6 Å². The monoisotopic (exact) mass is 418 g/mol. The lowest BCUT2D eigenvalue weighted by molar-refractivity contribution is 0.218. The molecule has 1 N–H and O–H groups in total. The molecule has 0 saturated heterocycles. The van der Waals surface area contributed by atoms with Gasteiger partial charge in [0.15, 0.2) is 0 Å². The number of rotatable bonds is 3. The summed E-state index contributed by atoms with van der Waals surface area (Å²) >= 11 is 6.00. The summed E-state index contributed by atoms with van der Waals surface area (Å²) < 4.78 is 20.2. The van der Waals surface area contributed by atoms with Crippen LogP contribution in [0.1, 0.15) is 34.2 Å². The van der Waals surface area contributed by atoms with Crippen molar-refractivity contribution >= 4 is 34.7 Å². The van der Waals surface area contributed by atoms with Gasteiger partial charge in [0.1, 0.15) is 24.3 Å². The summed E-state index contributed by atoms with van der Waals surface area (Å²) in [6.07, 6.45) is 4.69. The Balaban J connectivity index is 1.43. The molecule has 30 heavy (non-hydrogen) atoms. The zero-order valence-electron chi connectivity index (χ0n) is 15.7. The van der Waals surface area contributed by atoms with Gasteiger partial charge in [0.25, 0.3) is 0 Å². The van der Waals surface area contributed by atoms with E-state index in [0.29, 0.717) is 27.4 Å². The van der Waals surface area contributed by atoms with Gasteiger partial charge in [0.05, 0.1) is 16.9 Å². The largest absolute Gasteiger partial charge is 0.487 e. The Morgan fingerprint density at radius 3 is 2.83 bits per heavy atom. The molecule has 1 aliphatic carbocycles. The number of hydrogen-bond acceptors (Lipinski definition) is 4. The maximum atomic E-state index is 14.4. The minimum atomic E-state index is -0.819.